The van der Waals surface area contributed by atoms with Gasteiger partial charge >= 0.3 is 0 Å². The number of benzene rings is 2. The SMILES string of the molecule is Cc1[nH]c2ccccc2c1CC(=O)NNC(=O)c1ccccc1Br. The molecule has 0 aliphatic carbocycles. The molecule has 2 aromatic carbocycles. The van der Waals surface area contributed by atoms with Gasteiger partial charge in [-0.15, -0.1) is 0 Å². The second-order valence-corrected chi connectivity index (χ2v) is 6.29. The molecule has 1 aromatic heterocycles. The first-order valence-electron chi connectivity index (χ1n) is 7.46. The van der Waals surface area contributed by atoms with Crippen molar-refractivity contribution in [3.63, 3.8) is 0 Å². The lowest BCUT2D eigenvalue weighted by Gasteiger charge is -2.08. The number of rotatable bonds is 3. The highest BCUT2D eigenvalue weighted by atomic mass is 79.9. The van der Waals surface area contributed by atoms with Crippen molar-refractivity contribution in [1.29, 1.82) is 0 Å². The van der Waals surface area contributed by atoms with E-state index in [1.54, 1.807) is 18.2 Å². The van der Waals surface area contributed by atoms with Crippen LogP contribution in [0.5, 0.6) is 0 Å². The summed E-state index contributed by atoms with van der Waals surface area (Å²) in [6.45, 7) is 1.93. The molecule has 0 radical (unpaired) electrons. The fourth-order valence-electron chi connectivity index (χ4n) is 2.61. The molecule has 1 heterocycles. The molecule has 0 saturated heterocycles. The van der Waals surface area contributed by atoms with Crippen LogP contribution in [0.3, 0.4) is 0 Å². The summed E-state index contributed by atoms with van der Waals surface area (Å²) in [5.74, 6) is -0.644. The van der Waals surface area contributed by atoms with Crippen LogP contribution < -0.4 is 10.9 Å². The van der Waals surface area contributed by atoms with E-state index in [-0.39, 0.29) is 18.2 Å². The average molecular weight is 386 g/mol. The van der Waals surface area contributed by atoms with Gasteiger partial charge < -0.3 is 4.98 Å². The molecular weight excluding hydrogens is 370 g/mol. The van der Waals surface area contributed by atoms with Gasteiger partial charge in [-0.3, -0.25) is 20.4 Å². The number of halogens is 1. The van der Waals surface area contributed by atoms with Crippen LogP contribution in [0.25, 0.3) is 10.9 Å². The molecule has 0 spiro atoms. The van der Waals surface area contributed by atoms with Crippen LogP contribution in [-0.2, 0) is 11.2 Å². The Morgan fingerprint density at radius 2 is 1.75 bits per heavy atom. The van der Waals surface area contributed by atoms with E-state index in [1.807, 2.05) is 37.3 Å². The number of H-pyrrole nitrogens is 1. The zero-order valence-electron chi connectivity index (χ0n) is 13.0. The van der Waals surface area contributed by atoms with Crippen molar-refractivity contribution in [1.82, 2.24) is 15.8 Å². The van der Waals surface area contributed by atoms with Gasteiger partial charge in [0.05, 0.1) is 12.0 Å². The third-order valence-electron chi connectivity index (χ3n) is 3.80. The Labute approximate surface area is 147 Å². The molecule has 3 rings (SSSR count). The Kier molecular flexibility index (Phi) is 4.66. The summed E-state index contributed by atoms with van der Waals surface area (Å²) in [4.78, 5) is 27.5. The van der Waals surface area contributed by atoms with Crippen molar-refractivity contribution in [3.05, 3.63) is 69.8 Å². The van der Waals surface area contributed by atoms with Gasteiger partial charge in [-0.2, -0.15) is 0 Å². The molecule has 5 nitrogen and oxygen atoms in total. The number of carbonyl (C=O) groups is 2. The predicted octanol–water partition coefficient (Wildman–Crippen LogP) is 3.24. The van der Waals surface area contributed by atoms with Gasteiger partial charge in [-0.1, -0.05) is 30.3 Å². The zero-order valence-corrected chi connectivity index (χ0v) is 14.6. The van der Waals surface area contributed by atoms with E-state index >= 15 is 0 Å². The van der Waals surface area contributed by atoms with Gasteiger partial charge in [0.1, 0.15) is 0 Å². The smallest absolute Gasteiger partial charge is 0.270 e. The molecule has 0 atom stereocenters. The van der Waals surface area contributed by atoms with Gasteiger partial charge in [0.2, 0.25) is 5.91 Å². The third-order valence-corrected chi connectivity index (χ3v) is 4.49. The number of fused-ring (bicyclic) bond motifs is 1. The van der Waals surface area contributed by atoms with E-state index in [1.165, 1.54) is 0 Å². The topological polar surface area (TPSA) is 74.0 Å². The van der Waals surface area contributed by atoms with Crippen LogP contribution in [0.4, 0.5) is 0 Å². The molecule has 0 aliphatic rings. The van der Waals surface area contributed by atoms with Crippen molar-refractivity contribution in [3.8, 4) is 0 Å². The molecule has 6 heteroatoms. The Morgan fingerprint density at radius 1 is 1.04 bits per heavy atom. The summed E-state index contributed by atoms with van der Waals surface area (Å²) in [7, 11) is 0. The van der Waals surface area contributed by atoms with Crippen molar-refractivity contribution in [2.45, 2.75) is 13.3 Å². The summed E-state index contributed by atoms with van der Waals surface area (Å²) in [5, 5.41) is 1.02. The van der Waals surface area contributed by atoms with E-state index in [2.05, 4.69) is 31.8 Å². The van der Waals surface area contributed by atoms with Gasteiger partial charge in [-0.05, 0) is 46.6 Å². The largest absolute Gasteiger partial charge is 0.358 e. The zero-order chi connectivity index (χ0) is 17.1. The molecular formula is C18H16BrN3O2. The van der Waals surface area contributed by atoms with Crippen LogP contribution in [0, 0.1) is 6.92 Å². The third kappa shape index (κ3) is 3.33. The normalized spacial score (nSPS) is 10.6. The van der Waals surface area contributed by atoms with Gasteiger partial charge in [0.15, 0.2) is 0 Å². The quantitative estimate of drug-likeness (QED) is 0.605. The Morgan fingerprint density at radius 3 is 2.54 bits per heavy atom. The highest BCUT2D eigenvalue weighted by Crippen LogP contribution is 2.22. The number of hydrazine groups is 1. The van der Waals surface area contributed by atoms with E-state index in [0.29, 0.717) is 10.0 Å². The van der Waals surface area contributed by atoms with Crippen LogP contribution in [0.15, 0.2) is 53.0 Å². The summed E-state index contributed by atoms with van der Waals surface area (Å²) in [5.41, 5.74) is 8.24. The molecule has 2 amide bonds. The minimum Gasteiger partial charge on any atom is -0.358 e. The molecule has 122 valence electrons. The fourth-order valence-corrected chi connectivity index (χ4v) is 3.07. The van der Waals surface area contributed by atoms with Crippen LogP contribution in [0.1, 0.15) is 21.6 Å². The number of hydrogen-bond acceptors (Lipinski definition) is 2. The maximum Gasteiger partial charge on any atom is 0.270 e. The first kappa shape index (κ1) is 16.3. The molecule has 0 unspecified atom stereocenters. The number of aromatic nitrogens is 1. The average Bonchev–Trinajstić information content (AvgIpc) is 2.89. The van der Waals surface area contributed by atoms with Gasteiger partial charge in [0, 0.05) is 21.1 Å². The molecule has 0 saturated carbocycles. The maximum absolute atomic E-state index is 12.2. The lowest BCUT2D eigenvalue weighted by molar-refractivity contribution is -0.121. The molecule has 0 bridgehead atoms. The minimum absolute atomic E-state index is 0.187. The first-order chi connectivity index (χ1) is 11.6. The summed E-state index contributed by atoms with van der Waals surface area (Å²) in [6, 6.07) is 14.8. The number of para-hydroxylation sites is 1. The predicted molar refractivity (Wildman–Crippen MR) is 96.5 cm³/mol. The number of aryl methyl sites for hydroxylation is 1. The van der Waals surface area contributed by atoms with Gasteiger partial charge in [-0.25, -0.2) is 0 Å². The second-order valence-electron chi connectivity index (χ2n) is 5.43. The summed E-state index contributed by atoms with van der Waals surface area (Å²) >= 11 is 3.31. The van der Waals surface area contributed by atoms with E-state index in [9.17, 15) is 9.59 Å². The number of aromatic amines is 1. The lowest BCUT2D eigenvalue weighted by Crippen LogP contribution is -2.42. The van der Waals surface area contributed by atoms with Gasteiger partial charge in [0.25, 0.3) is 5.91 Å². The number of nitrogens with one attached hydrogen (secondary N) is 3. The monoisotopic (exact) mass is 385 g/mol. The van der Waals surface area contributed by atoms with E-state index < -0.39 is 0 Å². The summed E-state index contributed by atoms with van der Waals surface area (Å²) < 4.78 is 0.671. The number of carbonyl (C=O) groups excluding carboxylic acids is 2. The lowest BCUT2D eigenvalue weighted by atomic mass is 10.1. The number of amides is 2. The van der Waals surface area contributed by atoms with E-state index in [4.69, 9.17) is 0 Å². The highest BCUT2D eigenvalue weighted by Gasteiger charge is 2.14. The van der Waals surface area contributed by atoms with E-state index in [0.717, 1.165) is 22.2 Å². The molecule has 24 heavy (non-hydrogen) atoms. The van der Waals surface area contributed by atoms with Crippen LogP contribution in [-0.4, -0.2) is 16.8 Å². The second kappa shape index (κ2) is 6.88. The van der Waals surface area contributed by atoms with Crippen molar-refractivity contribution in [2.75, 3.05) is 0 Å². The van der Waals surface area contributed by atoms with Crippen LogP contribution in [0.2, 0.25) is 0 Å². The Balaban J connectivity index is 1.67. The Bertz CT molecular complexity index is 918. The van der Waals surface area contributed by atoms with Crippen molar-refractivity contribution < 1.29 is 9.59 Å². The van der Waals surface area contributed by atoms with Crippen molar-refractivity contribution in [2.24, 2.45) is 0 Å². The molecule has 3 N–H and O–H groups in total. The molecule has 3 aromatic rings. The van der Waals surface area contributed by atoms with Crippen molar-refractivity contribution >= 4 is 38.6 Å². The highest BCUT2D eigenvalue weighted by molar-refractivity contribution is 9.10. The Hall–Kier alpha value is -2.60. The maximum atomic E-state index is 12.2. The molecule has 0 aliphatic heterocycles. The number of hydrogen-bond donors (Lipinski definition) is 3. The minimum atomic E-state index is -0.369. The fraction of sp³-hybridized carbons (Fsp3) is 0.111. The molecule has 0 fully saturated rings. The van der Waals surface area contributed by atoms with Crippen LogP contribution >= 0.6 is 15.9 Å². The first-order valence-corrected chi connectivity index (χ1v) is 8.25. The standard InChI is InChI=1S/C18H16BrN3O2/c1-11-14(12-6-3-5-9-16(12)20-11)10-17(23)21-22-18(24)13-7-2-4-8-15(13)19/h2-9,20H,10H2,1H3,(H,21,23)(H,22,24). The summed E-state index contributed by atoms with van der Waals surface area (Å²) in [6.07, 6.45) is 0.187.